The average molecular weight is 419 g/mol. The number of carbonyl (C=O) groups is 1. The number of ether oxygens (including phenoxy) is 1. The molecule has 0 radical (unpaired) electrons. The van der Waals surface area contributed by atoms with Crippen LogP contribution in [0.2, 0.25) is 0 Å². The first kappa shape index (κ1) is 22.7. The molecule has 2 aromatic rings. The van der Waals surface area contributed by atoms with Crippen molar-refractivity contribution in [3.63, 3.8) is 0 Å². The highest BCUT2D eigenvalue weighted by Gasteiger charge is 2.22. The minimum Gasteiger partial charge on any atom is -0.491 e. The van der Waals surface area contributed by atoms with Crippen LogP contribution >= 0.6 is 0 Å². The first-order valence-corrected chi connectivity index (χ1v) is 11.6. The second-order valence-corrected chi connectivity index (χ2v) is 9.22. The van der Waals surface area contributed by atoms with Gasteiger partial charge in [0.15, 0.2) is 0 Å². The molecule has 1 amide bonds. The topological polar surface area (TPSA) is 75.7 Å². The lowest BCUT2D eigenvalue weighted by Gasteiger charge is -2.24. The Hall–Kier alpha value is -2.54. The Morgan fingerprint density at radius 1 is 1.10 bits per heavy atom. The third-order valence-corrected chi connectivity index (χ3v) is 5.57. The van der Waals surface area contributed by atoms with Gasteiger partial charge in [-0.15, -0.1) is 0 Å². The molecule has 1 atom stereocenters. The second-order valence-electron chi connectivity index (χ2n) is 7.32. The minimum atomic E-state index is -3.65. The van der Waals surface area contributed by atoms with E-state index >= 15 is 0 Å². The summed E-state index contributed by atoms with van der Waals surface area (Å²) >= 11 is 0. The number of amides is 1. The maximum atomic E-state index is 12.6. The number of aryl methyl sites for hydroxylation is 1. The van der Waals surface area contributed by atoms with Gasteiger partial charge in [-0.05, 0) is 50.5 Å². The number of carbonyl (C=O) groups excluding carboxylic acids is 1. The third-order valence-electron chi connectivity index (χ3n) is 4.43. The van der Waals surface area contributed by atoms with E-state index in [9.17, 15) is 13.2 Å². The summed E-state index contributed by atoms with van der Waals surface area (Å²) in [7, 11) is -3.65. The van der Waals surface area contributed by atoms with Crippen LogP contribution in [-0.4, -0.2) is 33.2 Å². The van der Waals surface area contributed by atoms with E-state index in [4.69, 9.17) is 4.74 Å². The summed E-state index contributed by atoms with van der Waals surface area (Å²) in [6, 6.07) is 14.5. The Kier molecular flexibility index (Phi) is 7.67. The van der Waals surface area contributed by atoms with E-state index < -0.39 is 10.0 Å². The van der Waals surface area contributed by atoms with E-state index in [2.05, 4.69) is 12.2 Å². The van der Waals surface area contributed by atoms with Crippen molar-refractivity contribution in [3.05, 3.63) is 59.7 Å². The molecule has 0 aliphatic heterocycles. The number of hydrogen-bond donors (Lipinski definition) is 1. The third kappa shape index (κ3) is 6.78. The van der Waals surface area contributed by atoms with Crippen LogP contribution in [0.3, 0.4) is 0 Å². The van der Waals surface area contributed by atoms with Crippen LogP contribution in [0.25, 0.3) is 0 Å². The Bertz CT molecular complexity index is 924. The van der Waals surface area contributed by atoms with Gasteiger partial charge in [-0.1, -0.05) is 37.3 Å². The lowest BCUT2D eigenvalue weighted by atomic mass is 10.1. The van der Waals surface area contributed by atoms with Gasteiger partial charge in [0.05, 0.1) is 24.1 Å². The smallest absolute Gasteiger partial charge is 0.241 e. The fourth-order valence-corrected chi connectivity index (χ4v) is 3.78. The lowest BCUT2D eigenvalue weighted by Crippen LogP contribution is -2.41. The highest BCUT2D eigenvalue weighted by atomic mass is 32.2. The molecule has 2 rings (SSSR count). The molecule has 0 bridgehead atoms. The van der Waals surface area contributed by atoms with Gasteiger partial charge in [0.25, 0.3) is 0 Å². The highest BCUT2D eigenvalue weighted by Crippen LogP contribution is 2.24. The van der Waals surface area contributed by atoms with Crippen molar-refractivity contribution in [2.24, 2.45) is 0 Å². The normalized spacial score (nSPS) is 12.5. The molecule has 0 unspecified atom stereocenters. The molecule has 0 fully saturated rings. The van der Waals surface area contributed by atoms with Gasteiger partial charge in [0.2, 0.25) is 15.9 Å². The molecule has 0 heterocycles. The Morgan fingerprint density at radius 2 is 1.76 bits per heavy atom. The summed E-state index contributed by atoms with van der Waals surface area (Å²) in [6.45, 7) is 7.44. The molecule has 7 heteroatoms. The molecule has 0 saturated heterocycles. The maximum Gasteiger partial charge on any atom is 0.241 e. The monoisotopic (exact) mass is 418 g/mol. The molecule has 29 heavy (non-hydrogen) atoms. The van der Waals surface area contributed by atoms with Crippen molar-refractivity contribution in [3.8, 4) is 5.75 Å². The van der Waals surface area contributed by atoms with Crippen molar-refractivity contribution in [2.75, 3.05) is 17.1 Å². The number of hydrogen-bond acceptors (Lipinski definition) is 4. The zero-order chi connectivity index (χ0) is 21.6. The van der Waals surface area contributed by atoms with Crippen LogP contribution in [0.4, 0.5) is 5.69 Å². The van der Waals surface area contributed by atoms with Gasteiger partial charge < -0.3 is 10.1 Å². The van der Waals surface area contributed by atoms with Crippen molar-refractivity contribution < 1.29 is 17.9 Å². The maximum absolute atomic E-state index is 12.6. The van der Waals surface area contributed by atoms with Crippen molar-refractivity contribution in [1.82, 2.24) is 5.32 Å². The summed E-state index contributed by atoms with van der Waals surface area (Å²) in [4.78, 5) is 12.6. The van der Waals surface area contributed by atoms with Crippen LogP contribution < -0.4 is 14.4 Å². The first-order chi connectivity index (χ1) is 13.6. The number of rotatable bonds is 9. The van der Waals surface area contributed by atoms with Crippen molar-refractivity contribution in [1.29, 1.82) is 0 Å². The summed E-state index contributed by atoms with van der Waals surface area (Å²) in [5, 5.41) is 2.88. The molecule has 0 aliphatic carbocycles. The number of anilines is 1. The summed E-state index contributed by atoms with van der Waals surface area (Å²) in [6.07, 6.45) is 1.99. The Morgan fingerprint density at radius 3 is 2.31 bits per heavy atom. The first-order valence-electron chi connectivity index (χ1n) is 9.72. The quantitative estimate of drug-likeness (QED) is 0.674. The number of sulfonamides is 1. The number of nitrogens with one attached hydrogen (secondary N) is 1. The molecule has 1 N–H and O–H groups in total. The zero-order valence-electron chi connectivity index (χ0n) is 17.7. The van der Waals surface area contributed by atoms with Gasteiger partial charge in [-0.3, -0.25) is 9.10 Å². The molecule has 6 nitrogen and oxygen atoms in total. The predicted molar refractivity (Wildman–Crippen MR) is 117 cm³/mol. The molecule has 158 valence electrons. The highest BCUT2D eigenvalue weighted by molar-refractivity contribution is 7.92. The van der Waals surface area contributed by atoms with Crippen LogP contribution in [0.5, 0.6) is 5.75 Å². The average Bonchev–Trinajstić information content (AvgIpc) is 2.65. The Labute approximate surface area is 173 Å². The van der Waals surface area contributed by atoms with E-state index in [1.165, 1.54) is 5.56 Å². The molecular weight excluding hydrogens is 388 g/mol. The van der Waals surface area contributed by atoms with Crippen molar-refractivity contribution >= 4 is 21.6 Å². The Balaban J connectivity index is 2.14. The largest absolute Gasteiger partial charge is 0.491 e. The van der Waals surface area contributed by atoms with E-state index in [1.54, 1.807) is 24.3 Å². The van der Waals surface area contributed by atoms with Crippen LogP contribution in [-0.2, 0) is 21.2 Å². The van der Waals surface area contributed by atoms with Gasteiger partial charge in [-0.2, -0.15) is 0 Å². The number of nitrogens with zero attached hydrogens (tertiary/aromatic N) is 1. The fraction of sp³-hybridized carbons (Fsp3) is 0.409. The second kappa shape index (κ2) is 9.78. The number of benzene rings is 2. The van der Waals surface area contributed by atoms with E-state index in [1.807, 2.05) is 45.0 Å². The summed E-state index contributed by atoms with van der Waals surface area (Å²) in [5.74, 6) is 0.175. The molecular formula is C22H30N2O4S. The molecule has 0 aliphatic rings. The molecule has 0 saturated carbocycles. The predicted octanol–water partition coefficient (Wildman–Crippen LogP) is 3.68. The SMILES string of the molecule is CCc1ccc([C@H](C)NC(=O)CN(c2cccc(OC(C)C)c2)S(C)(=O)=O)cc1. The summed E-state index contributed by atoms with van der Waals surface area (Å²) < 4.78 is 31.4. The standard InChI is InChI=1S/C22H30N2O4S/c1-6-18-10-12-19(13-11-18)17(4)23-22(25)15-24(29(5,26)27)20-8-7-9-21(14-20)28-16(2)3/h7-14,16-17H,6,15H2,1-5H3,(H,23,25)/t17-/m0/s1. The van der Waals surface area contributed by atoms with E-state index in [-0.39, 0.29) is 24.6 Å². The molecule has 2 aromatic carbocycles. The van der Waals surface area contributed by atoms with Crippen LogP contribution in [0, 0.1) is 0 Å². The van der Waals surface area contributed by atoms with Gasteiger partial charge in [0.1, 0.15) is 12.3 Å². The molecule has 0 aromatic heterocycles. The van der Waals surface area contributed by atoms with Gasteiger partial charge in [0, 0.05) is 6.07 Å². The van der Waals surface area contributed by atoms with Gasteiger partial charge >= 0.3 is 0 Å². The van der Waals surface area contributed by atoms with Crippen molar-refractivity contribution in [2.45, 2.75) is 46.3 Å². The van der Waals surface area contributed by atoms with E-state index in [0.717, 1.165) is 22.5 Å². The zero-order valence-corrected chi connectivity index (χ0v) is 18.5. The fourth-order valence-electron chi connectivity index (χ4n) is 2.93. The summed E-state index contributed by atoms with van der Waals surface area (Å²) in [5.41, 5.74) is 2.58. The lowest BCUT2D eigenvalue weighted by molar-refractivity contribution is -0.120. The van der Waals surface area contributed by atoms with Crippen LogP contribution in [0.15, 0.2) is 48.5 Å². The van der Waals surface area contributed by atoms with Crippen LogP contribution in [0.1, 0.15) is 44.9 Å². The van der Waals surface area contributed by atoms with Gasteiger partial charge in [-0.25, -0.2) is 8.42 Å². The molecule has 0 spiro atoms. The minimum absolute atomic E-state index is 0.0415. The van der Waals surface area contributed by atoms with E-state index in [0.29, 0.717) is 11.4 Å².